The first-order chi connectivity index (χ1) is 17.0. The molecule has 0 saturated carbocycles. The van der Waals surface area contributed by atoms with E-state index in [9.17, 15) is 9.18 Å². The number of ether oxygens (including phenoxy) is 3. The minimum absolute atomic E-state index is 0.0257. The lowest BCUT2D eigenvalue weighted by Gasteiger charge is -2.33. The van der Waals surface area contributed by atoms with Crippen LogP contribution in [0.3, 0.4) is 0 Å². The topological polar surface area (TPSA) is 107 Å². The quantitative estimate of drug-likeness (QED) is 0.405. The van der Waals surface area contributed by atoms with E-state index in [4.69, 9.17) is 14.2 Å². The Labute approximate surface area is 200 Å². The molecule has 1 fully saturated rings. The van der Waals surface area contributed by atoms with Gasteiger partial charge in [0, 0.05) is 30.7 Å². The summed E-state index contributed by atoms with van der Waals surface area (Å²) >= 11 is 0. The van der Waals surface area contributed by atoms with Crippen LogP contribution in [-0.4, -0.2) is 82.1 Å². The fraction of sp³-hybridized carbons (Fsp3) is 0.333. The third-order valence-electron chi connectivity index (χ3n) is 5.90. The second-order valence-corrected chi connectivity index (χ2v) is 8.26. The van der Waals surface area contributed by atoms with E-state index in [1.165, 1.54) is 6.07 Å². The fourth-order valence-corrected chi connectivity index (χ4v) is 4.01. The van der Waals surface area contributed by atoms with Gasteiger partial charge in [-0.2, -0.15) is 5.10 Å². The molecular weight excluding hydrogens is 455 g/mol. The molecule has 35 heavy (non-hydrogen) atoms. The van der Waals surface area contributed by atoms with Crippen molar-refractivity contribution in [2.75, 3.05) is 40.1 Å². The number of fused-ring (bicyclic) bond motifs is 1. The van der Waals surface area contributed by atoms with Crippen LogP contribution in [0.15, 0.2) is 42.6 Å². The lowest BCUT2D eigenvalue weighted by atomic mass is 10.1. The molecular formula is C24H25FN6O4. The van der Waals surface area contributed by atoms with Crippen LogP contribution in [0, 0.1) is 5.82 Å². The van der Waals surface area contributed by atoms with Crippen LogP contribution in [0.5, 0.6) is 5.75 Å². The van der Waals surface area contributed by atoms with E-state index in [1.807, 2.05) is 24.0 Å². The van der Waals surface area contributed by atoms with Crippen molar-refractivity contribution < 1.29 is 23.4 Å². The summed E-state index contributed by atoms with van der Waals surface area (Å²) < 4.78 is 31.9. The number of rotatable bonds is 7. The molecule has 1 amide bonds. The molecule has 2 aromatic heterocycles. The molecule has 4 aromatic rings. The maximum absolute atomic E-state index is 14.6. The van der Waals surface area contributed by atoms with Gasteiger partial charge in [-0.15, -0.1) is 5.10 Å². The number of H-pyrrole nitrogens is 1. The zero-order valence-corrected chi connectivity index (χ0v) is 19.4. The number of carbonyl (C=O) groups is 1. The highest BCUT2D eigenvalue weighted by molar-refractivity contribution is 5.95. The first-order valence-corrected chi connectivity index (χ1v) is 11.3. The second kappa shape index (κ2) is 9.80. The summed E-state index contributed by atoms with van der Waals surface area (Å²) in [6, 6.07) is 10.1. The minimum Gasteiger partial charge on any atom is -0.488 e. The third-order valence-corrected chi connectivity index (χ3v) is 5.90. The summed E-state index contributed by atoms with van der Waals surface area (Å²) in [4.78, 5) is 14.7. The summed E-state index contributed by atoms with van der Waals surface area (Å²) in [5.41, 5.74) is 2.89. The average molecular weight is 481 g/mol. The first-order valence-electron chi connectivity index (χ1n) is 11.3. The number of nitrogens with zero attached hydrogens (tertiary/aromatic N) is 5. The number of amides is 1. The molecule has 182 valence electrons. The van der Waals surface area contributed by atoms with Gasteiger partial charge in [0.1, 0.15) is 18.0 Å². The molecule has 0 aliphatic carbocycles. The van der Waals surface area contributed by atoms with Crippen LogP contribution >= 0.6 is 0 Å². The molecule has 0 spiro atoms. The van der Waals surface area contributed by atoms with Crippen LogP contribution in [0.2, 0.25) is 0 Å². The van der Waals surface area contributed by atoms with Crippen molar-refractivity contribution in [3.63, 3.8) is 0 Å². The van der Waals surface area contributed by atoms with Crippen molar-refractivity contribution in [3.05, 3.63) is 54.0 Å². The predicted molar refractivity (Wildman–Crippen MR) is 125 cm³/mol. The Hall–Kier alpha value is -3.83. The summed E-state index contributed by atoms with van der Waals surface area (Å²) in [6.07, 6.45) is 1.71. The molecule has 10 nitrogen and oxygen atoms in total. The molecule has 1 aliphatic rings. The number of benzene rings is 2. The van der Waals surface area contributed by atoms with Crippen molar-refractivity contribution in [1.29, 1.82) is 0 Å². The number of nitrogens with one attached hydrogen (secondary N) is 1. The largest absolute Gasteiger partial charge is 0.488 e. The van der Waals surface area contributed by atoms with Gasteiger partial charge in [0.15, 0.2) is 11.6 Å². The van der Waals surface area contributed by atoms with Gasteiger partial charge < -0.3 is 19.1 Å². The smallest absolute Gasteiger partial charge is 0.254 e. The van der Waals surface area contributed by atoms with Gasteiger partial charge in [-0.1, -0.05) is 5.21 Å². The Bertz CT molecular complexity index is 1340. The normalized spacial score (nSPS) is 16.1. The Morgan fingerprint density at radius 2 is 2.09 bits per heavy atom. The molecule has 5 rings (SSSR count). The lowest BCUT2D eigenvalue weighted by Crippen LogP contribution is -2.47. The fourth-order valence-electron chi connectivity index (χ4n) is 4.01. The van der Waals surface area contributed by atoms with Gasteiger partial charge in [0.05, 0.1) is 43.3 Å². The maximum Gasteiger partial charge on any atom is 0.254 e. The number of aromatic nitrogens is 5. The molecule has 3 heterocycles. The number of hydrogen-bond donors (Lipinski definition) is 1. The van der Waals surface area contributed by atoms with Crippen LogP contribution < -0.4 is 4.74 Å². The van der Waals surface area contributed by atoms with E-state index in [2.05, 4.69) is 20.5 Å². The third kappa shape index (κ3) is 4.60. The molecule has 1 saturated heterocycles. The van der Waals surface area contributed by atoms with Crippen molar-refractivity contribution in [1.82, 2.24) is 30.1 Å². The SMILES string of the molecule is COCCOc1cc2[nH]nc(-c3cn(-c4ccc(C(=O)N5CCOC[C@H]5C)cc4)nn3)c2cc1F. The Kier molecular flexibility index (Phi) is 6.43. The molecule has 1 aliphatic heterocycles. The lowest BCUT2D eigenvalue weighted by molar-refractivity contribution is 0.00359. The van der Waals surface area contributed by atoms with Gasteiger partial charge >= 0.3 is 0 Å². The van der Waals surface area contributed by atoms with Crippen molar-refractivity contribution in [2.45, 2.75) is 13.0 Å². The van der Waals surface area contributed by atoms with E-state index in [1.54, 1.807) is 36.2 Å². The molecule has 0 unspecified atom stereocenters. The van der Waals surface area contributed by atoms with E-state index in [0.29, 0.717) is 54.2 Å². The van der Waals surface area contributed by atoms with Crippen LogP contribution in [0.4, 0.5) is 4.39 Å². The van der Waals surface area contributed by atoms with Crippen molar-refractivity contribution in [3.8, 4) is 22.8 Å². The number of halogens is 1. The molecule has 11 heteroatoms. The van der Waals surface area contributed by atoms with Gasteiger partial charge in [-0.05, 0) is 37.3 Å². The number of morpholine rings is 1. The molecule has 1 atom stereocenters. The standard InChI is InChI=1S/C24H25FN6O4/c1-15-14-34-8-7-30(15)24(32)16-3-5-17(6-4-16)31-13-21(27-29-31)23-18-11-19(25)22(35-10-9-33-2)12-20(18)26-28-23/h3-6,11-13,15H,7-10,14H2,1-2H3,(H,26,28)/t15-/m1/s1. The number of aromatic amines is 1. The zero-order valence-electron chi connectivity index (χ0n) is 19.4. The number of hydrogen-bond acceptors (Lipinski definition) is 7. The van der Waals surface area contributed by atoms with Crippen molar-refractivity contribution >= 4 is 16.8 Å². The highest BCUT2D eigenvalue weighted by atomic mass is 19.1. The number of carbonyl (C=O) groups excluding carboxylic acids is 1. The predicted octanol–water partition coefficient (Wildman–Crippen LogP) is 2.84. The average Bonchev–Trinajstić information content (AvgIpc) is 3.51. The number of methoxy groups -OCH3 is 1. The maximum atomic E-state index is 14.6. The molecule has 0 radical (unpaired) electrons. The zero-order chi connectivity index (χ0) is 24.4. The van der Waals surface area contributed by atoms with E-state index >= 15 is 0 Å². The van der Waals surface area contributed by atoms with Gasteiger partial charge in [0.2, 0.25) is 0 Å². The highest BCUT2D eigenvalue weighted by Gasteiger charge is 2.24. The van der Waals surface area contributed by atoms with E-state index in [-0.39, 0.29) is 24.3 Å². The molecule has 0 bridgehead atoms. The summed E-state index contributed by atoms with van der Waals surface area (Å²) in [5.74, 6) is -0.407. The monoisotopic (exact) mass is 480 g/mol. The Morgan fingerprint density at radius 3 is 2.86 bits per heavy atom. The van der Waals surface area contributed by atoms with Crippen LogP contribution in [-0.2, 0) is 9.47 Å². The Balaban J connectivity index is 1.35. The Morgan fingerprint density at radius 1 is 1.26 bits per heavy atom. The van der Waals surface area contributed by atoms with Gasteiger partial charge in [-0.3, -0.25) is 9.89 Å². The second-order valence-electron chi connectivity index (χ2n) is 8.26. The highest BCUT2D eigenvalue weighted by Crippen LogP contribution is 2.30. The van der Waals surface area contributed by atoms with Crippen LogP contribution in [0.1, 0.15) is 17.3 Å². The van der Waals surface area contributed by atoms with Gasteiger partial charge in [0.25, 0.3) is 5.91 Å². The summed E-state index contributed by atoms with van der Waals surface area (Å²) in [7, 11) is 1.55. The molecule has 1 N–H and O–H groups in total. The summed E-state index contributed by atoms with van der Waals surface area (Å²) in [6.45, 7) is 4.24. The minimum atomic E-state index is -0.501. The van der Waals surface area contributed by atoms with Crippen LogP contribution in [0.25, 0.3) is 28.0 Å². The van der Waals surface area contributed by atoms with E-state index < -0.39 is 5.82 Å². The first kappa shape index (κ1) is 22.9. The molecule has 2 aromatic carbocycles. The van der Waals surface area contributed by atoms with E-state index in [0.717, 1.165) is 5.69 Å². The summed E-state index contributed by atoms with van der Waals surface area (Å²) in [5, 5.41) is 16.1. The van der Waals surface area contributed by atoms with Gasteiger partial charge in [-0.25, -0.2) is 9.07 Å². The van der Waals surface area contributed by atoms with Crippen molar-refractivity contribution in [2.24, 2.45) is 0 Å².